The molecule has 4 nitrogen and oxygen atoms in total. The Hall–Kier alpha value is -3.53. The van der Waals surface area contributed by atoms with Crippen LogP contribution in [0.1, 0.15) is 28.6 Å². The van der Waals surface area contributed by atoms with Crippen molar-refractivity contribution in [1.29, 1.82) is 0 Å². The Bertz CT molecular complexity index is 1080. The summed E-state index contributed by atoms with van der Waals surface area (Å²) in [6.07, 6.45) is 0. The summed E-state index contributed by atoms with van der Waals surface area (Å²) in [5, 5.41) is 4.29. The van der Waals surface area contributed by atoms with Gasteiger partial charge < -0.3 is 14.5 Å². The number of fused-ring (bicyclic) bond motifs is 1. The number of para-hydroxylation sites is 1. The quantitative estimate of drug-likeness (QED) is 0.425. The highest BCUT2D eigenvalue weighted by molar-refractivity contribution is 6.14. The molecule has 0 saturated carbocycles. The van der Waals surface area contributed by atoms with Crippen molar-refractivity contribution in [2.24, 2.45) is 0 Å². The first kappa shape index (κ1) is 17.9. The van der Waals surface area contributed by atoms with Gasteiger partial charge in [-0.25, -0.2) is 0 Å². The third-order valence-electron chi connectivity index (χ3n) is 4.54. The number of ketones is 1. The third-order valence-corrected chi connectivity index (χ3v) is 4.54. The molecular formula is C24H21NO3. The van der Waals surface area contributed by atoms with Crippen molar-refractivity contribution in [3.8, 4) is 5.75 Å². The van der Waals surface area contributed by atoms with Crippen LogP contribution in [0.15, 0.2) is 83.3 Å². The average molecular weight is 371 g/mol. The second-order valence-corrected chi connectivity index (χ2v) is 6.43. The summed E-state index contributed by atoms with van der Waals surface area (Å²) in [4.78, 5) is 13.1. The first-order chi connectivity index (χ1) is 13.8. The largest absolute Gasteiger partial charge is 0.494 e. The number of rotatable bonds is 7. The van der Waals surface area contributed by atoms with Gasteiger partial charge in [0.15, 0.2) is 5.76 Å². The fraction of sp³-hybridized carbons (Fsp3) is 0.125. The first-order valence-electron chi connectivity index (χ1n) is 9.33. The van der Waals surface area contributed by atoms with E-state index in [4.69, 9.17) is 9.15 Å². The molecule has 0 radical (unpaired) electrons. The van der Waals surface area contributed by atoms with E-state index in [0.29, 0.717) is 30.1 Å². The lowest BCUT2D eigenvalue weighted by atomic mass is 10.1. The summed E-state index contributed by atoms with van der Waals surface area (Å²) in [5.74, 6) is 0.905. The summed E-state index contributed by atoms with van der Waals surface area (Å²) >= 11 is 0. The summed E-state index contributed by atoms with van der Waals surface area (Å²) < 4.78 is 11.4. The van der Waals surface area contributed by atoms with E-state index in [2.05, 4.69) is 5.32 Å². The van der Waals surface area contributed by atoms with Gasteiger partial charge in [-0.3, -0.25) is 4.79 Å². The van der Waals surface area contributed by atoms with Gasteiger partial charge in [-0.15, -0.1) is 0 Å². The van der Waals surface area contributed by atoms with Gasteiger partial charge >= 0.3 is 0 Å². The minimum Gasteiger partial charge on any atom is -0.494 e. The second kappa shape index (κ2) is 8.01. The highest BCUT2D eigenvalue weighted by Gasteiger charge is 2.21. The Morgan fingerprint density at radius 1 is 0.929 bits per heavy atom. The maximum absolute atomic E-state index is 13.1. The molecule has 0 saturated heterocycles. The van der Waals surface area contributed by atoms with Gasteiger partial charge in [0.25, 0.3) is 0 Å². The fourth-order valence-corrected chi connectivity index (χ4v) is 3.17. The van der Waals surface area contributed by atoms with Crippen LogP contribution in [0.2, 0.25) is 0 Å². The van der Waals surface area contributed by atoms with Gasteiger partial charge in [0.05, 0.1) is 12.3 Å². The van der Waals surface area contributed by atoms with Crippen molar-refractivity contribution >= 4 is 22.4 Å². The number of nitrogens with one attached hydrogen (secondary N) is 1. The van der Waals surface area contributed by atoms with Crippen LogP contribution < -0.4 is 10.1 Å². The minimum atomic E-state index is -0.158. The molecule has 0 aliphatic carbocycles. The van der Waals surface area contributed by atoms with Crippen molar-refractivity contribution in [3.63, 3.8) is 0 Å². The number of carbonyl (C=O) groups excluding carboxylic acids is 1. The van der Waals surface area contributed by atoms with E-state index >= 15 is 0 Å². The average Bonchev–Trinajstić information content (AvgIpc) is 3.12. The Labute approximate surface area is 163 Å². The van der Waals surface area contributed by atoms with Gasteiger partial charge in [-0.05, 0) is 48.9 Å². The number of hydrogen-bond donors (Lipinski definition) is 1. The lowest BCUT2D eigenvalue weighted by Gasteiger charge is -2.08. The molecular weight excluding hydrogens is 350 g/mol. The Morgan fingerprint density at radius 2 is 1.64 bits per heavy atom. The highest BCUT2D eigenvalue weighted by atomic mass is 16.5. The number of ether oxygens (including phenoxy) is 1. The predicted molar refractivity (Wildman–Crippen MR) is 111 cm³/mol. The van der Waals surface area contributed by atoms with E-state index in [1.165, 1.54) is 0 Å². The Morgan fingerprint density at radius 3 is 2.39 bits per heavy atom. The molecule has 140 valence electrons. The van der Waals surface area contributed by atoms with E-state index in [-0.39, 0.29) is 5.78 Å². The number of carbonyl (C=O) groups is 1. The van der Waals surface area contributed by atoms with Crippen LogP contribution in [0.25, 0.3) is 11.0 Å². The third kappa shape index (κ3) is 3.62. The zero-order chi connectivity index (χ0) is 19.3. The van der Waals surface area contributed by atoms with Gasteiger partial charge in [0.1, 0.15) is 11.3 Å². The van der Waals surface area contributed by atoms with Crippen molar-refractivity contribution in [3.05, 3.63) is 95.7 Å². The molecule has 0 aliphatic rings. The van der Waals surface area contributed by atoms with E-state index in [0.717, 1.165) is 22.4 Å². The van der Waals surface area contributed by atoms with Crippen LogP contribution in [-0.2, 0) is 6.54 Å². The normalized spacial score (nSPS) is 10.8. The summed E-state index contributed by atoms with van der Waals surface area (Å²) in [7, 11) is 0. The maximum Gasteiger partial charge on any atom is 0.230 e. The number of anilines is 1. The van der Waals surface area contributed by atoms with Crippen LogP contribution >= 0.6 is 0 Å². The predicted octanol–water partition coefficient (Wildman–Crippen LogP) is 5.67. The molecule has 0 aliphatic heterocycles. The minimum absolute atomic E-state index is 0.158. The van der Waals surface area contributed by atoms with Crippen LogP contribution in [0, 0.1) is 0 Å². The summed E-state index contributed by atoms with van der Waals surface area (Å²) in [5.41, 5.74) is 3.10. The second-order valence-electron chi connectivity index (χ2n) is 6.43. The number of furan rings is 1. The lowest BCUT2D eigenvalue weighted by Crippen LogP contribution is -2.06. The number of benzene rings is 3. The van der Waals surface area contributed by atoms with Crippen molar-refractivity contribution in [2.45, 2.75) is 13.5 Å². The molecule has 0 spiro atoms. The zero-order valence-electron chi connectivity index (χ0n) is 15.6. The molecule has 28 heavy (non-hydrogen) atoms. The summed E-state index contributed by atoms with van der Waals surface area (Å²) in [6, 6.07) is 24.9. The molecule has 0 bridgehead atoms. The van der Waals surface area contributed by atoms with E-state index in [9.17, 15) is 4.79 Å². The molecule has 4 rings (SSSR count). The SMILES string of the molecule is CCOc1ccc(C(=O)c2oc3ccccc3c2NCc2ccccc2)cc1. The van der Waals surface area contributed by atoms with Crippen molar-refractivity contribution in [2.75, 3.05) is 11.9 Å². The zero-order valence-corrected chi connectivity index (χ0v) is 15.6. The fourth-order valence-electron chi connectivity index (χ4n) is 3.17. The monoisotopic (exact) mass is 371 g/mol. The Kier molecular flexibility index (Phi) is 5.11. The first-order valence-corrected chi connectivity index (χ1v) is 9.33. The van der Waals surface area contributed by atoms with Gasteiger partial charge in [0, 0.05) is 17.5 Å². The van der Waals surface area contributed by atoms with Gasteiger partial charge in [0.2, 0.25) is 5.78 Å². The van der Waals surface area contributed by atoms with Gasteiger partial charge in [-0.1, -0.05) is 42.5 Å². The molecule has 1 heterocycles. The highest BCUT2D eigenvalue weighted by Crippen LogP contribution is 2.33. The van der Waals surface area contributed by atoms with Crippen LogP contribution in [-0.4, -0.2) is 12.4 Å². The van der Waals surface area contributed by atoms with E-state index < -0.39 is 0 Å². The molecule has 4 heteroatoms. The van der Waals surface area contributed by atoms with Crippen LogP contribution in [0.3, 0.4) is 0 Å². The summed E-state index contributed by atoms with van der Waals surface area (Å²) in [6.45, 7) is 3.12. The molecule has 0 unspecified atom stereocenters. The van der Waals surface area contributed by atoms with E-state index in [1.807, 2.05) is 61.5 Å². The molecule has 1 aromatic heterocycles. The van der Waals surface area contributed by atoms with Crippen molar-refractivity contribution < 1.29 is 13.9 Å². The lowest BCUT2D eigenvalue weighted by molar-refractivity contribution is 0.101. The smallest absolute Gasteiger partial charge is 0.230 e. The molecule has 1 N–H and O–H groups in total. The van der Waals surface area contributed by atoms with E-state index in [1.54, 1.807) is 24.3 Å². The molecule has 3 aromatic carbocycles. The molecule has 4 aromatic rings. The maximum atomic E-state index is 13.1. The topological polar surface area (TPSA) is 51.5 Å². The van der Waals surface area contributed by atoms with Crippen LogP contribution in [0.4, 0.5) is 5.69 Å². The Balaban J connectivity index is 1.68. The molecule has 0 amide bonds. The van der Waals surface area contributed by atoms with Crippen LogP contribution in [0.5, 0.6) is 5.75 Å². The van der Waals surface area contributed by atoms with Crippen molar-refractivity contribution in [1.82, 2.24) is 0 Å². The standard InChI is InChI=1S/C24H21NO3/c1-2-27-19-14-12-18(13-15-19)23(26)24-22(20-10-6-7-11-21(20)28-24)25-16-17-8-4-3-5-9-17/h3-15,25H,2,16H2,1H3. The number of hydrogen-bond acceptors (Lipinski definition) is 4. The van der Waals surface area contributed by atoms with Gasteiger partial charge in [-0.2, -0.15) is 0 Å². The molecule has 0 fully saturated rings. The molecule has 0 atom stereocenters.